The normalized spacial score (nSPS) is 16.2. The van der Waals surface area contributed by atoms with E-state index in [4.69, 9.17) is 14.5 Å². The summed E-state index contributed by atoms with van der Waals surface area (Å²) in [6.45, 7) is 11.4. The maximum Gasteiger partial charge on any atom is 0.307 e. The van der Waals surface area contributed by atoms with Crippen LogP contribution in [0.4, 0.5) is 0 Å². The fourth-order valence-electron chi connectivity index (χ4n) is 5.05. The lowest BCUT2D eigenvalue weighted by atomic mass is 9.99. The highest BCUT2D eigenvalue weighted by Crippen LogP contribution is 2.30. The molecule has 34 heavy (non-hydrogen) atoms. The van der Waals surface area contributed by atoms with E-state index in [2.05, 4.69) is 16.9 Å². The van der Waals surface area contributed by atoms with E-state index in [1.165, 1.54) is 0 Å². The van der Waals surface area contributed by atoms with Crippen molar-refractivity contribution in [2.45, 2.75) is 65.8 Å². The van der Waals surface area contributed by atoms with E-state index in [0.717, 1.165) is 53.8 Å². The molecule has 1 fully saturated rings. The molecule has 0 saturated carbocycles. The summed E-state index contributed by atoms with van der Waals surface area (Å²) in [5.74, 6) is 0.348. The van der Waals surface area contributed by atoms with Crippen molar-refractivity contribution in [3.8, 4) is 5.88 Å². The number of esters is 1. The lowest BCUT2D eigenvalue weighted by Gasteiger charge is -2.30. The molecule has 0 N–H and O–H groups in total. The number of likely N-dealkylation sites (tertiary alicyclic amines) is 1. The van der Waals surface area contributed by atoms with Gasteiger partial charge in [-0.05, 0) is 64.3 Å². The number of pyridine rings is 1. The minimum absolute atomic E-state index is 0.0595. The molecule has 2 aromatic heterocycles. The van der Waals surface area contributed by atoms with Crippen LogP contribution in [0.2, 0.25) is 0 Å². The number of aromatic nitrogens is 3. The number of carbonyl (C=O) groups excluding carboxylic acids is 2. The first-order chi connectivity index (χ1) is 16.3. The Morgan fingerprint density at radius 1 is 1.21 bits per heavy atom. The Labute approximate surface area is 202 Å². The Morgan fingerprint density at radius 2 is 1.97 bits per heavy atom. The highest BCUT2D eigenvalue weighted by molar-refractivity contribution is 5.86. The van der Waals surface area contributed by atoms with Gasteiger partial charge in [0.05, 0.1) is 25.5 Å². The van der Waals surface area contributed by atoms with Crippen molar-refractivity contribution in [2.75, 3.05) is 39.9 Å². The molecule has 0 aromatic carbocycles. The smallest absolute Gasteiger partial charge is 0.307 e. The molecule has 188 valence electrons. The van der Waals surface area contributed by atoms with Crippen LogP contribution in [0, 0.1) is 13.8 Å². The van der Waals surface area contributed by atoms with Crippen LogP contribution in [-0.4, -0.2) is 82.4 Å². The van der Waals surface area contributed by atoms with E-state index in [-0.39, 0.29) is 18.3 Å². The van der Waals surface area contributed by atoms with Crippen molar-refractivity contribution in [3.05, 3.63) is 16.8 Å². The summed E-state index contributed by atoms with van der Waals surface area (Å²) in [6.07, 6.45) is 3.39. The Kier molecular flexibility index (Phi) is 8.88. The van der Waals surface area contributed by atoms with E-state index in [9.17, 15) is 9.59 Å². The molecule has 1 atom stereocenters. The average molecular weight is 474 g/mol. The molecule has 3 rings (SSSR count). The van der Waals surface area contributed by atoms with Crippen LogP contribution in [-0.2, 0) is 27.8 Å². The molecule has 9 nitrogen and oxygen atoms in total. The van der Waals surface area contributed by atoms with E-state index in [1.807, 2.05) is 25.8 Å². The third kappa shape index (κ3) is 5.68. The van der Waals surface area contributed by atoms with Gasteiger partial charge in [-0.3, -0.25) is 14.5 Å². The Morgan fingerprint density at radius 3 is 2.65 bits per heavy atom. The van der Waals surface area contributed by atoms with Crippen molar-refractivity contribution in [2.24, 2.45) is 7.05 Å². The van der Waals surface area contributed by atoms with Crippen LogP contribution in [0.1, 0.15) is 56.4 Å². The predicted molar refractivity (Wildman–Crippen MR) is 131 cm³/mol. The topological polar surface area (TPSA) is 89.8 Å². The van der Waals surface area contributed by atoms with Gasteiger partial charge in [0.25, 0.3) is 0 Å². The number of nitrogens with zero attached hydrogens (tertiary/aromatic N) is 5. The molecule has 3 heterocycles. The lowest BCUT2D eigenvalue weighted by molar-refractivity contribution is -0.144. The molecule has 0 radical (unpaired) electrons. The minimum atomic E-state index is -0.260. The van der Waals surface area contributed by atoms with Gasteiger partial charge in [-0.2, -0.15) is 0 Å². The number of hydrogen-bond acceptors (Lipinski definition) is 7. The monoisotopic (exact) mass is 473 g/mol. The van der Waals surface area contributed by atoms with E-state index in [1.54, 1.807) is 18.7 Å². The lowest BCUT2D eigenvalue weighted by Crippen LogP contribution is -2.44. The quantitative estimate of drug-likeness (QED) is 0.464. The summed E-state index contributed by atoms with van der Waals surface area (Å²) >= 11 is 0. The Balaban J connectivity index is 1.76. The summed E-state index contributed by atoms with van der Waals surface area (Å²) in [7, 11) is 3.46. The Hall–Kier alpha value is -2.68. The van der Waals surface area contributed by atoms with Crippen LogP contribution < -0.4 is 4.74 Å². The summed E-state index contributed by atoms with van der Waals surface area (Å²) in [5, 5.41) is 5.30. The second-order valence-corrected chi connectivity index (χ2v) is 8.95. The standard InChI is InChI=1S/C25H39N5O4/c1-7-29-14-9-10-19(29)16-30(15-13-22(32)34-8-2)21(31)12-11-20-17(3)23-24(26-18(20)4)28(5)27-25(23)33-6/h19H,7-16H2,1-6H3. The molecule has 1 aliphatic rings. The molecular formula is C25H39N5O4. The van der Waals surface area contributed by atoms with E-state index < -0.39 is 0 Å². The maximum atomic E-state index is 13.4. The molecular weight excluding hydrogens is 434 g/mol. The SMILES string of the molecule is CCOC(=O)CCN(CC1CCCN1CC)C(=O)CCc1c(C)nc2c(c(OC)nn2C)c1C. The van der Waals surface area contributed by atoms with Crippen molar-refractivity contribution in [1.82, 2.24) is 24.6 Å². The van der Waals surface area contributed by atoms with Crippen LogP contribution in [0.25, 0.3) is 11.0 Å². The van der Waals surface area contributed by atoms with Gasteiger partial charge in [-0.15, -0.1) is 5.10 Å². The third-order valence-electron chi connectivity index (χ3n) is 6.89. The van der Waals surface area contributed by atoms with Gasteiger partial charge in [-0.25, -0.2) is 9.67 Å². The fourth-order valence-corrected chi connectivity index (χ4v) is 5.05. The van der Waals surface area contributed by atoms with E-state index >= 15 is 0 Å². The highest BCUT2D eigenvalue weighted by atomic mass is 16.5. The van der Waals surface area contributed by atoms with Crippen molar-refractivity contribution >= 4 is 22.9 Å². The number of carbonyl (C=O) groups is 2. The van der Waals surface area contributed by atoms with Crippen LogP contribution in [0.3, 0.4) is 0 Å². The minimum Gasteiger partial charge on any atom is -0.479 e. The zero-order chi connectivity index (χ0) is 24.8. The van der Waals surface area contributed by atoms with Gasteiger partial charge in [0.15, 0.2) is 5.65 Å². The number of likely N-dealkylation sites (N-methyl/N-ethyl adjacent to an activating group) is 1. The van der Waals surface area contributed by atoms with Gasteiger partial charge in [0, 0.05) is 38.3 Å². The van der Waals surface area contributed by atoms with Gasteiger partial charge in [-0.1, -0.05) is 6.92 Å². The van der Waals surface area contributed by atoms with Gasteiger partial charge in [0.2, 0.25) is 11.8 Å². The highest BCUT2D eigenvalue weighted by Gasteiger charge is 2.28. The molecule has 1 unspecified atom stereocenters. The number of ether oxygens (including phenoxy) is 2. The number of hydrogen-bond donors (Lipinski definition) is 0. The fraction of sp³-hybridized carbons (Fsp3) is 0.680. The molecule has 1 saturated heterocycles. The molecule has 0 bridgehead atoms. The van der Waals surface area contributed by atoms with Crippen molar-refractivity contribution in [3.63, 3.8) is 0 Å². The molecule has 1 amide bonds. The van der Waals surface area contributed by atoms with Crippen molar-refractivity contribution < 1.29 is 19.1 Å². The zero-order valence-electron chi connectivity index (χ0n) is 21.5. The molecule has 2 aromatic rings. The Bertz CT molecular complexity index is 1020. The predicted octanol–water partition coefficient (Wildman–Crippen LogP) is 2.79. The van der Waals surface area contributed by atoms with Crippen LogP contribution in [0.15, 0.2) is 0 Å². The largest absolute Gasteiger partial charge is 0.479 e. The van der Waals surface area contributed by atoms with Crippen molar-refractivity contribution in [1.29, 1.82) is 0 Å². The second kappa shape index (κ2) is 11.6. The second-order valence-electron chi connectivity index (χ2n) is 8.95. The number of aryl methyl sites for hydroxylation is 3. The molecule has 0 spiro atoms. The third-order valence-corrected chi connectivity index (χ3v) is 6.89. The van der Waals surface area contributed by atoms with Crippen LogP contribution >= 0.6 is 0 Å². The first-order valence-electron chi connectivity index (χ1n) is 12.3. The van der Waals surface area contributed by atoms with Gasteiger partial charge >= 0.3 is 5.97 Å². The number of methoxy groups -OCH3 is 1. The maximum absolute atomic E-state index is 13.4. The number of amides is 1. The molecule has 9 heteroatoms. The van der Waals surface area contributed by atoms with Gasteiger partial charge < -0.3 is 14.4 Å². The summed E-state index contributed by atoms with van der Waals surface area (Å²) < 4.78 is 12.3. The average Bonchev–Trinajstić information content (AvgIpc) is 3.39. The van der Waals surface area contributed by atoms with Crippen LogP contribution in [0.5, 0.6) is 5.88 Å². The molecule has 1 aliphatic heterocycles. The number of fused-ring (bicyclic) bond motifs is 1. The van der Waals surface area contributed by atoms with Gasteiger partial charge in [0.1, 0.15) is 0 Å². The summed E-state index contributed by atoms with van der Waals surface area (Å²) in [5.41, 5.74) is 3.77. The summed E-state index contributed by atoms with van der Waals surface area (Å²) in [6, 6.07) is 0.345. The summed E-state index contributed by atoms with van der Waals surface area (Å²) in [4.78, 5) is 34.4. The zero-order valence-corrected chi connectivity index (χ0v) is 21.5. The first kappa shape index (κ1) is 25.9. The van der Waals surface area contributed by atoms with E-state index in [0.29, 0.717) is 44.5 Å². The number of rotatable bonds is 11. The molecule has 0 aliphatic carbocycles. The first-order valence-corrected chi connectivity index (χ1v) is 12.3.